The molecule has 4 heterocycles. The van der Waals surface area contributed by atoms with Crippen molar-refractivity contribution in [2.75, 3.05) is 17.7 Å². The molecule has 1 aliphatic carbocycles. The first-order valence-corrected chi connectivity index (χ1v) is 13.0. The van der Waals surface area contributed by atoms with E-state index in [0.717, 1.165) is 53.0 Å². The lowest BCUT2D eigenvalue weighted by molar-refractivity contribution is -0.108. The molecular weight excluding hydrogens is 502 g/mol. The molecule has 9 nitrogen and oxygen atoms in total. The first-order valence-electron chi connectivity index (χ1n) is 13.0. The van der Waals surface area contributed by atoms with Gasteiger partial charge >= 0.3 is 0 Å². The van der Waals surface area contributed by atoms with Crippen molar-refractivity contribution in [3.05, 3.63) is 84.2 Å². The highest BCUT2D eigenvalue weighted by molar-refractivity contribution is 6.04. The van der Waals surface area contributed by atoms with E-state index < -0.39 is 5.41 Å². The molecule has 0 aromatic carbocycles. The minimum atomic E-state index is -0.795. The van der Waals surface area contributed by atoms with E-state index in [2.05, 4.69) is 36.6 Å². The van der Waals surface area contributed by atoms with E-state index in [1.165, 1.54) is 0 Å². The first kappa shape index (κ1) is 28.0. The second kappa shape index (κ2) is 12.3. The van der Waals surface area contributed by atoms with E-state index in [4.69, 9.17) is 0 Å². The number of rotatable bonds is 7. The molecule has 0 radical (unpaired) electrons. The fourth-order valence-corrected chi connectivity index (χ4v) is 3.78. The highest BCUT2D eigenvalue weighted by atomic mass is 16.1. The third-order valence-electron chi connectivity index (χ3n) is 6.48. The van der Waals surface area contributed by atoms with Crippen LogP contribution in [0.3, 0.4) is 0 Å². The van der Waals surface area contributed by atoms with Crippen LogP contribution in [0.25, 0.3) is 22.4 Å². The topological polar surface area (TPSA) is 134 Å². The van der Waals surface area contributed by atoms with Crippen molar-refractivity contribution in [3.8, 4) is 28.5 Å². The smallest absolute Gasteiger partial charge is 0.255 e. The fraction of sp³-hybridized carbons (Fsp3) is 0.258. The number of carbonyl (C=O) groups excluding carboxylic acids is 2. The molecular formula is C31H31N7O2. The van der Waals surface area contributed by atoms with Gasteiger partial charge in [0.15, 0.2) is 0 Å². The molecule has 9 heteroatoms. The third-order valence-corrected chi connectivity index (χ3v) is 6.48. The number of aromatic nitrogens is 4. The lowest BCUT2D eigenvalue weighted by Crippen LogP contribution is -2.18. The van der Waals surface area contributed by atoms with Gasteiger partial charge in [-0.05, 0) is 81.6 Å². The van der Waals surface area contributed by atoms with Crippen LogP contribution in [-0.4, -0.2) is 39.2 Å². The van der Waals surface area contributed by atoms with Crippen molar-refractivity contribution < 1.29 is 9.59 Å². The number of nitriles is 1. The number of carbonyl (C=O) groups is 2. The van der Waals surface area contributed by atoms with Crippen LogP contribution in [0.5, 0.6) is 0 Å². The lowest BCUT2D eigenvalue weighted by Gasteiger charge is -2.15. The zero-order valence-corrected chi connectivity index (χ0v) is 23.0. The molecule has 202 valence electrons. The number of nitrogens with zero attached hydrogens (tertiary/aromatic N) is 5. The van der Waals surface area contributed by atoms with Crippen LogP contribution >= 0.6 is 0 Å². The van der Waals surface area contributed by atoms with Crippen LogP contribution in [0.15, 0.2) is 67.3 Å². The molecule has 0 saturated heterocycles. The summed E-state index contributed by atoms with van der Waals surface area (Å²) in [6.45, 7) is 5.45. The maximum atomic E-state index is 12.9. The second-order valence-corrected chi connectivity index (χ2v) is 10.1. The van der Waals surface area contributed by atoms with Gasteiger partial charge in [0.05, 0.1) is 34.8 Å². The Hall–Kier alpha value is -4.97. The Morgan fingerprint density at radius 3 is 2.40 bits per heavy atom. The summed E-state index contributed by atoms with van der Waals surface area (Å²) in [6.07, 6.45) is 9.97. The Labute approximate surface area is 233 Å². The Morgan fingerprint density at radius 2 is 1.73 bits per heavy atom. The van der Waals surface area contributed by atoms with Crippen molar-refractivity contribution in [3.63, 3.8) is 0 Å². The van der Waals surface area contributed by atoms with Gasteiger partial charge in [-0.1, -0.05) is 0 Å². The van der Waals surface area contributed by atoms with Gasteiger partial charge in [0.1, 0.15) is 12.1 Å². The van der Waals surface area contributed by atoms with E-state index in [-0.39, 0.29) is 5.91 Å². The van der Waals surface area contributed by atoms with Crippen molar-refractivity contribution >= 4 is 23.7 Å². The number of anilines is 2. The summed E-state index contributed by atoms with van der Waals surface area (Å²) >= 11 is 0. The van der Waals surface area contributed by atoms with Gasteiger partial charge in [-0.15, -0.1) is 0 Å². The summed E-state index contributed by atoms with van der Waals surface area (Å²) in [7, 11) is 1.82. The van der Waals surface area contributed by atoms with Gasteiger partial charge in [0, 0.05) is 53.9 Å². The van der Waals surface area contributed by atoms with Crippen LogP contribution < -0.4 is 10.6 Å². The molecule has 0 unspecified atom stereocenters. The van der Waals surface area contributed by atoms with E-state index >= 15 is 0 Å². The van der Waals surface area contributed by atoms with Gasteiger partial charge in [-0.3, -0.25) is 19.7 Å². The molecule has 1 fully saturated rings. The predicted octanol–water partition coefficient (Wildman–Crippen LogP) is 5.60. The van der Waals surface area contributed by atoms with E-state index in [0.29, 0.717) is 22.9 Å². The highest BCUT2D eigenvalue weighted by Crippen LogP contribution is 2.29. The molecule has 5 rings (SSSR count). The van der Waals surface area contributed by atoms with Gasteiger partial charge in [-0.2, -0.15) is 5.26 Å². The van der Waals surface area contributed by atoms with Crippen molar-refractivity contribution in [1.29, 1.82) is 5.26 Å². The quantitative estimate of drug-likeness (QED) is 0.293. The summed E-state index contributed by atoms with van der Waals surface area (Å²) in [5, 5.41) is 15.3. The zero-order chi connectivity index (χ0) is 28.7. The molecule has 1 saturated carbocycles. The van der Waals surface area contributed by atoms with Gasteiger partial charge < -0.3 is 15.4 Å². The van der Waals surface area contributed by atoms with E-state index in [1.54, 1.807) is 50.8 Å². The van der Waals surface area contributed by atoms with Crippen molar-refractivity contribution in [2.24, 2.45) is 5.92 Å². The van der Waals surface area contributed by atoms with E-state index in [1.807, 2.05) is 44.3 Å². The average molecular weight is 534 g/mol. The Kier molecular flexibility index (Phi) is 8.60. The SMILES string of the molecule is CNc1cc(-c2cc(-c3cc(NC(=O)c4ccnc(C(C)(C)C#N)c4)cnc3C)ccn2)ccn1.O=CC1CC1. The Balaban J connectivity index is 0.000000666. The lowest BCUT2D eigenvalue weighted by atomic mass is 9.90. The number of pyridine rings is 4. The molecule has 4 aromatic rings. The predicted molar refractivity (Wildman–Crippen MR) is 155 cm³/mol. The molecule has 0 aliphatic heterocycles. The largest absolute Gasteiger partial charge is 0.373 e. The maximum Gasteiger partial charge on any atom is 0.255 e. The molecule has 1 aliphatic rings. The number of aldehydes is 1. The number of hydrogen-bond donors (Lipinski definition) is 2. The second-order valence-electron chi connectivity index (χ2n) is 10.1. The first-order chi connectivity index (χ1) is 19.2. The van der Waals surface area contributed by atoms with Gasteiger partial charge in [0.2, 0.25) is 0 Å². The summed E-state index contributed by atoms with van der Waals surface area (Å²) < 4.78 is 0. The standard InChI is InChI=1S/C27H25N7O.C4H6O/c1-17-22(18-5-8-30-23(11-18)19-6-10-32-25(13-19)29-4)14-21(15-33-17)34-26(35)20-7-9-31-24(12-20)27(2,3)16-28;5-3-4-1-2-4/h5-15H,1-4H3,(H,29,32)(H,34,35);3-4H,1-2H2. The molecule has 2 N–H and O–H groups in total. The average Bonchev–Trinajstić information content (AvgIpc) is 3.84. The van der Waals surface area contributed by atoms with Crippen LogP contribution in [-0.2, 0) is 10.2 Å². The summed E-state index contributed by atoms with van der Waals surface area (Å²) in [6, 6.07) is 15.1. The molecule has 4 aromatic heterocycles. The van der Waals surface area contributed by atoms with Crippen LogP contribution in [0.1, 0.15) is 48.4 Å². The number of hydrogen-bond acceptors (Lipinski definition) is 8. The van der Waals surface area contributed by atoms with Gasteiger partial charge in [-0.25, -0.2) is 4.98 Å². The van der Waals surface area contributed by atoms with Crippen molar-refractivity contribution in [1.82, 2.24) is 19.9 Å². The maximum absolute atomic E-state index is 12.9. The molecule has 1 amide bonds. The van der Waals surface area contributed by atoms with Crippen LogP contribution in [0.2, 0.25) is 0 Å². The summed E-state index contributed by atoms with van der Waals surface area (Å²) in [5.74, 6) is 0.912. The van der Waals surface area contributed by atoms with Crippen molar-refractivity contribution in [2.45, 2.75) is 39.0 Å². The Bertz CT molecular complexity index is 1570. The minimum Gasteiger partial charge on any atom is -0.373 e. The minimum absolute atomic E-state index is 0.300. The molecule has 40 heavy (non-hydrogen) atoms. The third kappa shape index (κ3) is 6.91. The van der Waals surface area contributed by atoms with E-state index in [9.17, 15) is 14.9 Å². The molecule has 0 bridgehead atoms. The Morgan fingerprint density at radius 1 is 1.00 bits per heavy atom. The van der Waals surface area contributed by atoms with Gasteiger partial charge in [0.25, 0.3) is 5.91 Å². The number of amides is 1. The summed E-state index contributed by atoms with van der Waals surface area (Å²) in [5.41, 5.74) is 5.12. The monoisotopic (exact) mass is 533 g/mol. The fourth-order valence-electron chi connectivity index (χ4n) is 3.78. The molecule has 0 spiro atoms. The summed E-state index contributed by atoms with van der Waals surface area (Å²) in [4.78, 5) is 40.0. The zero-order valence-electron chi connectivity index (χ0n) is 23.0. The van der Waals surface area contributed by atoms with Crippen LogP contribution in [0.4, 0.5) is 11.5 Å². The normalized spacial score (nSPS) is 12.4. The van der Waals surface area contributed by atoms with Crippen LogP contribution in [0, 0.1) is 24.2 Å². The number of aryl methyl sites for hydroxylation is 1. The highest BCUT2D eigenvalue weighted by Gasteiger charge is 2.23. The molecule has 0 atom stereocenters. The number of nitrogens with one attached hydrogen (secondary N) is 2.